The van der Waals surface area contributed by atoms with E-state index in [0.717, 1.165) is 6.92 Å². The summed E-state index contributed by atoms with van der Waals surface area (Å²) in [5, 5.41) is 1.84. The van der Waals surface area contributed by atoms with E-state index < -0.39 is 53.1 Å². The molecule has 142 valence electrons. The minimum atomic E-state index is -6.75. The molecule has 0 saturated carbocycles. The second-order valence-electron chi connectivity index (χ2n) is 4.71. The predicted molar refractivity (Wildman–Crippen MR) is 70.7 cm³/mol. The minimum Gasteiger partial charge on any atom is -0.350 e. The Kier molecular flexibility index (Phi) is 6.52. The smallest absolute Gasteiger partial charge is 0.350 e. The Morgan fingerprint density at radius 1 is 0.958 bits per heavy atom. The molecule has 0 spiro atoms. The minimum absolute atomic E-state index is 0.533. The van der Waals surface area contributed by atoms with Crippen LogP contribution < -0.4 is 5.32 Å². The van der Waals surface area contributed by atoms with Crippen molar-refractivity contribution in [2.45, 2.75) is 35.5 Å². The molecule has 2 atom stereocenters. The van der Waals surface area contributed by atoms with Gasteiger partial charge in [-0.1, -0.05) is 13.5 Å². The SMILES string of the molecule is C=CC(=O)NC(C)C(C)C(S(=O)(=O)C(F)(F)F)S(=O)(=O)C(F)(F)F. The van der Waals surface area contributed by atoms with Gasteiger partial charge in [0.25, 0.3) is 19.7 Å². The maximum Gasteiger partial charge on any atom is 0.498 e. The summed E-state index contributed by atoms with van der Waals surface area (Å²) in [4.78, 5) is 11.1. The van der Waals surface area contributed by atoms with E-state index in [-0.39, 0.29) is 0 Å². The highest BCUT2D eigenvalue weighted by Crippen LogP contribution is 2.40. The number of alkyl halides is 6. The van der Waals surface area contributed by atoms with Crippen LogP contribution in [0.25, 0.3) is 0 Å². The van der Waals surface area contributed by atoms with Crippen LogP contribution in [0.4, 0.5) is 26.3 Å². The quantitative estimate of drug-likeness (QED) is 0.534. The fourth-order valence-electron chi connectivity index (χ4n) is 1.65. The number of carbonyl (C=O) groups excluding carboxylic acids is 1. The summed E-state index contributed by atoms with van der Waals surface area (Å²) >= 11 is 0. The Morgan fingerprint density at radius 2 is 1.29 bits per heavy atom. The van der Waals surface area contributed by atoms with Crippen molar-refractivity contribution < 1.29 is 48.0 Å². The molecule has 0 bridgehead atoms. The van der Waals surface area contributed by atoms with E-state index in [2.05, 4.69) is 6.58 Å². The Labute approximate surface area is 133 Å². The molecule has 0 aromatic rings. The van der Waals surface area contributed by atoms with Crippen LogP contribution in [0.3, 0.4) is 0 Å². The third-order valence-corrected chi connectivity index (χ3v) is 7.92. The zero-order valence-corrected chi connectivity index (χ0v) is 13.8. The predicted octanol–water partition coefficient (Wildman–Crippen LogP) is 1.51. The number of nitrogens with one attached hydrogen (secondary N) is 1. The van der Waals surface area contributed by atoms with Crippen molar-refractivity contribution in [3.05, 3.63) is 12.7 Å². The number of sulfone groups is 2. The average Bonchev–Trinajstić information content (AvgIpc) is 2.34. The highest BCUT2D eigenvalue weighted by molar-refractivity contribution is 8.09. The lowest BCUT2D eigenvalue weighted by atomic mass is 10.1. The van der Waals surface area contributed by atoms with Crippen molar-refractivity contribution in [2.24, 2.45) is 5.92 Å². The molecular weight excluding hydrogens is 392 g/mol. The Bertz CT molecular complexity index is 650. The first-order chi connectivity index (χ1) is 10.4. The highest BCUT2D eigenvalue weighted by Gasteiger charge is 2.64. The number of hydrogen-bond donors (Lipinski definition) is 1. The van der Waals surface area contributed by atoms with E-state index in [1.807, 2.05) is 5.32 Å². The van der Waals surface area contributed by atoms with E-state index in [9.17, 15) is 48.0 Å². The molecule has 0 saturated heterocycles. The lowest BCUT2D eigenvalue weighted by molar-refractivity contribution is -0.117. The summed E-state index contributed by atoms with van der Waals surface area (Å²) in [5.41, 5.74) is -12.5. The Balaban J connectivity index is 6.31. The molecule has 24 heavy (non-hydrogen) atoms. The van der Waals surface area contributed by atoms with Crippen LogP contribution in [0.1, 0.15) is 13.8 Å². The first-order valence-corrected chi connectivity index (χ1v) is 9.03. The zero-order valence-electron chi connectivity index (χ0n) is 12.1. The van der Waals surface area contributed by atoms with E-state index in [1.165, 1.54) is 0 Å². The summed E-state index contributed by atoms with van der Waals surface area (Å²) in [6.07, 6.45) is 0.620. The van der Waals surface area contributed by atoms with Crippen molar-refractivity contribution >= 4 is 25.6 Å². The lowest BCUT2D eigenvalue weighted by Crippen LogP contribution is -2.53. The van der Waals surface area contributed by atoms with E-state index in [1.54, 1.807) is 0 Å². The van der Waals surface area contributed by atoms with E-state index >= 15 is 0 Å². The van der Waals surface area contributed by atoms with Gasteiger partial charge in [-0.25, -0.2) is 16.8 Å². The van der Waals surface area contributed by atoms with Crippen LogP contribution in [-0.4, -0.2) is 44.4 Å². The van der Waals surface area contributed by atoms with Gasteiger partial charge in [-0.05, 0) is 13.0 Å². The van der Waals surface area contributed by atoms with Gasteiger partial charge in [0.1, 0.15) is 0 Å². The molecule has 0 aliphatic carbocycles. The second-order valence-corrected chi connectivity index (χ2v) is 9.13. The van der Waals surface area contributed by atoms with Gasteiger partial charge in [0.15, 0.2) is 4.58 Å². The summed E-state index contributed by atoms with van der Waals surface area (Å²) in [6, 6.07) is -1.66. The van der Waals surface area contributed by atoms with Crippen LogP contribution in [0.2, 0.25) is 0 Å². The summed E-state index contributed by atoms with van der Waals surface area (Å²) < 4.78 is 118. The molecule has 2 unspecified atom stereocenters. The molecule has 0 aromatic carbocycles. The first-order valence-electron chi connectivity index (χ1n) is 5.94. The van der Waals surface area contributed by atoms with E-state index in [0.29, 0.717) is 13.0 Å². The zero-order chi connectivity index (χ0) is 19.7. The van der Waals surface area contributed by atoms with Crippen LogP contribution in [0.5, 0.6) is 0 Å². The summed E-state index contributed by atoms with van der Waals surface area (Å²) in [6.45, 7) is 4.38. The number of halogens is 6. The topological polar surface area (TPSA) is 97.4 Å². The van der Waals surface area contributed by atoms with E-state index in [4.69, 9.17) is 0 Å². The molecule has 0 radical (unpaired) electrons. The van der Waals surface area contributed by atoms with Crippen molar-refractivity contribution in [3.8, 4) is 0 Å². The fourth-order valence-corrected chi connectivity index (χ4v) is 5.76. The summed E-state index contributed by atoms with van der Waals surface area (Å²) in [7, 11) is -13.5. The molecule has 0 heterocycles. The standard InChI is InChI=1S/C10H13F6NO5S2/c1-4-7(18)17-6(3)5(2)8(23(19,20)9(11,12)13)24(21,22)10(14,15)16/h4-6,8H,1H2,2-3H3,(H,17,18). The number of amides is 1. The first kappa shape index (κ1) is 22.7. The second kappa shape index (κ2) is 6.90. The van der Waals surface area contributed by atoms with Crippen LogP contribution in [-0.2, 0) is 24.5 Å². The maximum absolute atomic E-state index is 12.6. The molecule has 0 aliphatic heterocycles. The van der Waals surface area contributed by atoms with Crippen LogP contribution >= 0.6 is 0 Å². The fraction of sp³-hybridized carbons (Fsp3) is 0.700. The maximum atomic E-state index is 12.6. The Morgan fingerprint density at radius 3 is 1.54 bits per heavy atom. The molecule has 1 amide bonds. The monoisotopic (exact) mass is 405 g/mol. The number of hydrogen-bond acceptors (Lipinski definition) is 5. The van der Waals surface area contributed by atoms with Crippen LogP contribution in [0, 0.1) is 5.92 Å². The number of rotatable bonds is 6. The van der Waals surface area contributed by atoms with Gasteiger partial charge >= 0.3 is 11.0 Å². The molecular formula is C10H13F6NO5S2. The average molecular weight is 405 g/mol. The van der Waals surface area contributed by atoms with Gasteiger partial charge in [-0.3, -0.25) is 4.79 Å². The molecule has 0 aliphatic rings. The molecule has 0 fully saturated rings. The van der Waals surface area contributed by atoms with Crippen molar-refractivity contribution in [1.82, 2.24) is 5.32 Å². The normalized spacial score (nSPS) is 16.5. The van der Waals surface area contributed by atoms with Gasteiger partial charge in [0, 0.05) is 12.0 Å². The van der Waals surface area contributed by atoms with Gasteiger partial charge in [0.2, 0.25) is 5.91 Å². The largest absolute Gasteiger partial charge is 0.498 e. The lowest BCUT2D eigenvalue weighted by Gasteiger charge is -2.29. The van der Waals surface area contributed by atoms with Crippen molar-refractivity contribution in [3.63, 3.8) is 0 Å². The van der Waals surface area contributed by atoms with Crippen molar-refractivity contribution in [2.75, 3.05) is 0 Å². The van der Waals surface area contributed by atoms with Crippen LogP contribution in [0.15, 0.2) is 12.7 Å². The van der Waals surface area contributed by atoms with Gasteiger partial charge in [-0.2, -0.15) is 26.3 Å². The van der Waals surface area contributed by atoms with Crippen molar-refractivity contribution in [1.29, 1.82) is 0 Å². The molecule has 1 N–H and O–H groups in total. The highest BCUT2D eigenvalue weighted by atomic mass is 32.3. The Hall–Kier alpha value is -1.31. The third kappa shape index (κ3) is 4.40. The van der Waals surface area contributed by atoms with Gasteiger partial charge in [0.05, 0.1) is 0 Å². The molecule has 0 aromatic heterocycles. The van der Waals surface area contributed by atoms with Gasteiger partial charge in [-0.15, -0.1) is 0 Å². The van der Waals surface area contributed by atoms with Gasteiger partial charge < -0.3 is 5.32 Å². The number of carbonyl (C=O) groups is 1. The summed E-state index contributed by atoms with van der Waals surface area (Å²) in [5.74, 6) is -3.31. The third-order valence-electron chi connectivity index (χ3n) is 3.03. The molecule has 0 rings (SSSR count). The molecule has 14 heteroatoms. The molecule has 6 nitrogen and oxygen atoms in total.